The molecule has 3 heterocycles. The van der Waals surface area contributed by atoms with Crippen molar-refractivity contribution >= 4 is 34.4 Å². The number of nitrogens with zero attached hydrogens (tertiary/aromatic N) is 1. The molecule has 5 rings (SSSR count). The molecule has 0 aliphatic carbocycles. The molecule has 0 bridgehead atoms. The summed E-state index contributed by atoms with van der Waals surface area (Å²) in [6, 6.07) is 16.4. The fourth-order valence-corrected chi connectivity index (χ4v) is 5.32. The second kappa shape index (κ2) is 9.93. The Labute approximate surface area is 203 Å². The monoisotopic (exact) mass is 473 g/mol. The topological polar surface area (TPSA) is 70.7 Å². The molecule has 0 radical (unpaired) electrons. The normalized spacial score (nSPS) is 19.3. The second-order valence-corrected chi connectivity index (χ2v) is 9.46. The van der Waals surface area contributed by atoms with Gasteiger partial charge in [0.15, 0.2) is 0 Å². The summed E-state index contributed by atoms with van der Waals surface area (Å²) >= 11 is 1.61. The van der Waals surface area contributed by atoms with E-state index in [9.17, 15) is 9.59 Å². The molecule has 0 spiro atoms. The number of likely N-dealkylation sites (tertiary alicyclic amines) is 1. The molecule has 1 atom stereocenters. The molecule has 6 nitrogen and oxygen atoms in total. The molecule has 2 amide bonds. The lowest BCUT2D eigenvalue weighted by Gasteiger charge is -2.23. The number of hydrogen-bond acceptors (Lipinski definition) is 6. The van der Waals surface area contributed by atoms with Gasteiger partial charge in [0, 0.05) is 42.7 Å². The highest BCUT2D eigenvalue weighted by molar-refractivity contribution is 7.08. The summed E-state index contributed by atoms with van der Waals surface area (Å²) in [6.07, 6.45) is 4.07. The number of rotatable bonds is 7. The first-order valence-electron chi connectivity index (χ1n) is 11.4. The van der Waals surface area contributed by atoms with Crippen LogP contribution in [-0.4, -0.2) is 43.0 Å². The maximum atomic E-state index is 12.7. The van der Waals surface area contributed by atoms with E-state index in [0.29, 0.717) is 22.7 Å². The highest BCUT2D eigenvalue weighted by Gasteiger charge is 2.28. The third kappa shape index (κ3) is 4.68. The summed E-state index contributed by atoms with van der Waals surface area (Å²) in [5.74, 6) is -0.769. The van der Waals surface area contributed by atoms with Gasteiger partial charge in [0.2, 0.25) is 0 Å². The van der Waals surface area contributed by atoms with E-state index in [1.54, 1.807) is 30.7 Å². The van der Waals surface area contributed by atoms with Crippen molar-refractivity contribution in [3.8, 4) is 11.1 Å². The van der Waals surface area contributed by atoms with Crippen LogP contribution in [0.2, 0.25) is 0 Å². The molecule has 7 heteroatoms. The minimum absolute atomic E-state index is 0.368. The molecule has 1 aromatic heterocycles. The zero-order chi connectivity index (χ0) is 23.5. The highest BCUT2D eigenvalue weighted by atomic mass is 32.1. The van der Waals surface area contributed by atoms with Crippen LogP contribution in [0, 0.1) is 0 Å². The fraction of sp³-hybridized carbons (Fsp3) is 0.259. The van der Waals surface area contributed by atoms with Gasteiger partial charge in [0.1, 0.15) is 0 Å². The van der Waals surface area contributed by atoms with Crippen molar-refractivity contribution in [1.29, 1.82) is 0 Å². The van der Waals surface area contributed by atoms with E-state index in [1.165, 1.54) is 18.4 Å². The summed E-state index contributed by atoms with van der Waals surface area (Å²) in [6.45, 7) is 2.77. The highest BCUT2D eigenvalue weighted by Crippen LogP contribution is 2.31. The maximum absolute atomic E-state index is 12.7. The standard InChI is InChI=1S/C27H27N3O3S/c1-33-16-22-3-2-11-30(22)15-18-4-7-21(8-5-18)28-14-25-24-13-19(20-10-12-34-17-20)6-9-23(24)26(31)29-27(25)32/h4-10,12-14,17,22,28H,2-3,11,15-16H2,1H3,(H,29,31,32)/b25-14-/t22-/m1/s1. The molecule has 2 aliphatic rings. The Hall–Kier alpha value is -3.26. The predicted octanol–water partition coefficient (Wildman–Crippen LogP) is 4.75. The smallest absolute Gasteiger partial charge is 0.260 e. The second-order valence-electron chi connectivity index (χ2n) is 8.68. The van der Waals surface area contributed by atoms with E-state index in [0.717, 1.165) is 36.5 Å². The third-order valence-electron chi connectivity index (χ3n) is 6.46. The van der Waals surface area contributed by atoms with Gasteiger partial charge < -0.3 is 10.1 Å². The summed E-state index contributed by atoms with van der Waals surface area (Å²) in [5.41, 5.74) is 5.75. The molecule has 2 aromatic carbocycles. The summed E-state index contributed by atoms with van der Waals surface area (Å²) in [5, 5.41) is 9.74. The van der Waals surface area contributed by atoms with Crippen LogP contribution in [0.3, 0.4) is 0 Å². The van der Waals surface area contributed by atoms with Crippen LogP contribution in [0.4, 0.5) is 5.69 Å². The minimum atomic E-state index is -0.401. The van der Waals surface area contributed by atoms with Gasteiger partial charge in [-0.25, -0.2) is 0 Å². The van der Waals surface area contributed by atoms with Crippen LogP contribution in [0.5, 0.6) is 0 Å². The molecule has 0 unspecified atom stereocenters. The number of carbonyl (C=O) groups is 2. The largest absolute Gasteiger partial charge is 0.383 e. The lowest BCUT2D eigenvalue weighted by Crippen LogP contribution is -2.36. The summed E-state index contributed by atoms with van der Waals surface area (Å²) in [4.78, 5) is 27.5. The number of ether oxygens (including phenoxy) is 1. The number of thiophene rings is 1. The Balaban J connectivity index is 1.34. The number of imide groups is 1. The quantitative estimate of drug-likeness (QED) is 0.383. The van der Waals surface area contributed by atoms with E-state index in [-0.39, 0.29) is 5.91 Å². The Kier molecular flexibility index (Phi) is 6.58. The number of anilines is 1. The molecule has 174 valence electrons. The molecule has 34 heavy (non-hydrogen) atoms. The van der Waals surface area contributed by atoms with Gasteiger partial charge >= 0.3 is 0 Å². The van der Waals surface area contributed by atoms with Gasteiger partial charge in [-0.05, 0) is 77.2 Å². The van der Waals surface area contributed by atoms with Crippen molar-refractivity contribution in [2.24, 2.45) is 0 Å². The van der Waals surface area contributed by atoms with Crippen LogP contribution in [0.15, 0.2) is 65.5 Å². The Morgan fingerprint density at radius 1 is 1.09 bits per heavy atom. The first-order chi connectivity index (χ1) is 16.6. The molecule has 3 aromatic rings. The van der Waals surface area contributed by atoms with Gasteiger partial charge in [-0.2, -0.15) is 11.3 Å². The number of fused-ring (bicyclic) bond motifs is 1. The predicted molar refractivity (Wildman–Crippen MR) is 136 cm³/mol. The number of benzene rings is 2. The Morgan fingerprint density at radius 2 is 1.94 bits per heavy atom. The Morgan fingerprint density at radius 3 is 2.71 bits per heavy atom. The van der Waals surface area contributed by atoms with Crippen molar-refractivity contribution < 1.29 is 14.3 Å². The fourth-order valence-electron chi connectivity index (χ4n) is 4.66. The number of hydrogen-bond donors (Lipinski definition) is 2. The maximum Gasteiger partial charge on any atom is 0.260 e. The van der Waals surface area contributed by atoms with Crippen molar-refractivity contribution in [3.63, 3.8) is 0 Å². The van der Waals surface area contributed by atoms with Crippen molar-refractivity contribution in [2.45, 2.75) is 25.4 Å². The number of amides is 2. The minimum Gasteiger partial charge on any atom is -0.383 e. The first-order valence-corrected chi connectivity index (χ1v) is 12.4. The van der Waals surface area contributed by atoms with Crippen LogP contribution >= 0.6 is 11.3 Å². The average Bonchev–Trinajstić information content (AvgIpc) is 3.53. The van der Waals surface area contributed by atoms with E-state index < -0.39 is 5.91 Å². The molecule has 0 saturated carbocycles. The van der Waals surface area contributed by atoms with Crippen LogP contribution in [-0.2, 0) is 16.1 Å². The van der Waals surface area contributed by atoms with Crippen LogP contribution in [0.1, 0.15) is 34.3 Å². The van der Waals surface area contributed by atoms with E-state index >= 15 is 0 Å². The average molecular weight is 474 g/mol. The van der Waals surface area contributed by atoms with E-state index in [1.807, 2.05) is 35.7 Å². The molecular formula is C27H27N3O3S. The zero-order valence-corrected chi connectivity index (χ0v) is 19.9. The lowest BCUT2D eigenvalue weighted by molar-refractivity contribution is -0.114. The summed E-state index contributed by atoms with van der Waals surface area (Å²) in [7, 11) is 1.76. The summed E-state index contributed by atoms with van der Waals surface area (Å²) < 4.78 is 5.36. The SMILES string of the molecule is COC[C@H]1CCCN1Cc1ccc(N/C=C2\C(=O)NC(=O)c3ccc(-c4ccsc4)cc32)cc1. The molecular weight excluding hydrogens is 446 g/mol. The van der Waals surface area contributed by atoms with Crippen LogP contribution < -0.4 is 10.6 Å². The zero-order valence-electron chi connectivity index (χ0n) is 19.0. The van der Waals surface area contributed by atoms with Gasteiger partial charge in [0.05, 0.1) is 12.2 Å². The van der Waals surface area contributed by atoms with E-state index in [2.05, 4.69) is 33.0 Å². The number of methoxy groups -OCH3 is 1. The molecule has 2 N–H and O–H groups in total. The van der Waals surface area contributed by atoms with Crippen molar-refractivity contribution in [2.75, 3.05) is 25.6 Å². The van der Waals surface area contributed by atoms with Crippen LogP contribution in [0.25, 0.3) is 16.7 Å². The van der Waals surface area contributed by atoms with Crippen molar-refractivity contribution in [1.82, 2.24) is 10.2 Å². The van der Waals surface area contributed by atoms with Gasteiger partial charge in [-0.3, -0.25) is 19.8 Å². The number of carbonyl (C=O) groups excluding carboxylic acids is 2. The molecule has 1 fully saturated rings. The lowest BCUT2D eigenvalue weighted by atomic mass is 9.92. The molecule has 2 aliphatic heterocycles. The molecule has 1 saturated heterocycles. The van der Waals surface area contributed by atoms with Gasteiger partial charge in [-0.1, -0.05) is 18.2 Å². The first kappa shape index (κ1) is 22.5. The van der Waals surface area contributed by atoms with E-state index in [4.69, 9.17) is 4.74 Å². The van der Waals surface area contributed by atoms with Gasteiger partial charge in [-0.15, -0.1) is 0 Å². The number of nitrogens with one attached hydrogen (secondary N) is 2. The van der Waals surface area contributed by atoms with Crippen molar-refractivity contribution in [3.05, 3.63) is 82.2 Å². The third-order valence-corrected chi connectivity index (χ3v) is 7.14. The van der Waals surface area contributed by atoms with Gasteiger partial charge in [0.25, 0.3) is 11.8 Å². The Bertz CT molecular complexity index is 1220.